The number of carbonyl (C=O) groups is 3. The van der Waals surface area contributed by atoms with Gasteiger partial charge in [-0.25, -0.2) is 0 Å². The van der Waals surface area contributed by atoms with Crippen molar-refractivity contribution in [2.75, 3.05) is 26.3 Å². The van der Waals surface area contributed by atoms with E-state index in [2.05, 4.69) is 10.2 Å². The molecule has 1 unspecified atom stereocenters. The molecule has 4 heterocycles. The van der Waals surface area contributed by atoms with Gasteiger partial charge in [0.1, 0.15) is 17.9 Å². The number of fused-ring (bicyclic) bond motifs is 1. The van der Waals surface area contributed by atoms with Crippen LogP contribution in [0.1, 0.15) is 67.3 Å². The first kappa shape index (κ1) is 22.0. The zero-order chi connectivity index (χ0) is 23.3. The van der Waals surface area contributed by atoms with Crippen LogP contribution in [0.2, 0.25) is 0 Å². The summed E-state index contributed by atoms with van der Waals surface area (Å²) in [5.41, 5.74) is 1.93. The molecule has 8 heteroatoms. The molecule has 1 aromatic rings. The summed E-state index contributed by atoms with van der Waals surface area (Å²) in [5, 5.41) is 2.36. The number of carbonyl (C=O) groups excluding carboxylic acids is 3. The normalized spacial score (nSPS) is 31.2. The minimum absolute atomic E-state index is 0.145. The van der Waals surface area contributed by atoms with Gasteiger partial charge >= 0.3 is 0 Å². The molecule has 3 amide bonds. The Labute approximate surface area is 199 Å². The lowest BCUT2D eigenvalue weighted by molar-refractivity contribution is -0.136. The van der Waals surface area contributed by atoms with Crippen LogP contribution in [0.15, 0.2) is 18.2 Å². The van der Waals surface area contributed by atoms with Gasteiger partial charge in [0.25, 0.3) is 5.91 Å². The first-order chi connectivity index (χ1) is 16.5. The molecule has 6 rings (SSSR count). The van der Waals surface area contributed by atoms with E-state index < -0.39 is 6.04 Å². The lowest BCUT2D eigenvalue weighted by atomic mass is 9.77. The van der Waals surface area contributed by atoms with Gasteiger partial charge in [0.05, 0.1) is 6.61 Å². The lowest BCUT2D eigenvalue weighted by Crippen LogP contribution is -2.52. The fourth-order valence-electron chi connectivity index (χ4n) is 6.63. The SMILES string of the molecule is O=C1CCC(N2Cc3cc(O[C@@H]4CCC[C@@H]4N4CCC5(CCOC5)CC4)ccc3C2=O)C(=O)N1. The van der Waals surface area contributed by atoms with Gasteiger partial charge < -0.3 is 14.4 Å². The number of ether oxygens (including phenoxy) is 2. The standard InChI is InChI=1S/C26H33N3O5/c30-23-7-6-21(24(31)27-23)29-15-17-14-18(4-5-19(17)25(29)32)34-22-3-1-2-20(22)28-11-8-26(9-12-28)10-13-33-16-26/h4-5,14,20-22H,1-3,6-13,15-16H2,(H,27,30,31)/t20-,21?,22+/m0/s1. The van der Waals surface area contributed by atoms with Crippen molar-refractivity contribution in [1.29, 1.82) is 0 Å². The Morgan fingerprint density at radius 1 is 1.06 bits per heavy atom. The van der Waals surface area contributed by atoms with Crippen molar-refractivity contribution in [2.24, 2.45) is 5.41 Å². The maximum absolute atomic E-state index is 12.9. The number of piperidine rings is 2. The highest BCUT2D eigenvalue weighted by molar-refractivity contribution is 6.05. The topological polar surface area (TPSA) is 88.2 Å². The van der Waals surface area contributed by atoms with E-state index >= 15 is 0 Å². The number of benzene rings is 1. The molecule has 4 aliphatic heterocycles. The molecule has 1 aliphatic carbocycles. The number of likely N-dealkylation sites (tertiary alicyclic amines) is 1. The second kappa shape index (κ2) is 8.64. The zero-order valence-corrected chi connectivity index (χ0v) is 19.6. The monoisotopic (exact) mass is 467 g/mol. The van der Waals surface area contributed by atoms with E-state index in [1.165, 1.54) is 32.1 Å². The summed E-state index contributed by atoms with van der Waals surface area (Å²) >= 11 is 0. The molecule has 1 saturated carbocycles. The zero-order valence-electron chi connectivity index (χ0n) is 19.6. The maximum atomic E-state index is 12.9. The predicted molar refractivity (Wildman–Crippen MR) is 123 cm³/mol. The van der Waals surface area contributed by atoms with Gasteiger partial charge in [0.15, 0.2) is 0 Å². The van der Waals surface area contributed by atoms with Crippen LogP contribution in [-0.4, -0.2) is 72.0 Å². The Hall–Kier alpha value is -2.45. The van der Waals surface area contributed by atoms with Crippen molar-refractivity contribution in [1.82, 2.24) is 15.1 Å². The minimum Gasteiger partial charge on any atom is -0.489 e. The molecule has 34 heavy (non-hydrogen) atoms. The minimum atomic E-state index is -0.589. The predicted octanol–water partition coefficient (Wildman–Crippen LogP) is 2.25. The number of hydrogen-bond acceptors (Lipinski definition) is 6. The van der Waals surface area contributed by atoms with E-state index in [9.17, 15) is 14.4 Å². The summed E-state index contributed by atoms with van der Waals surface area (Å²) in [7, 11) is 0. The number of imide groups is 1. The van der Waals surface area contributed by atoms with Gasteiger partial charge in [0.2, 0.25) is 11.8 Å². The van der Waals surface area contributed by atoms with Gasteiger partial charge in [0, 0.05) is 31.2 Å². The van der Waals surface area contributed by atoms with Crippen molar-refractivity contribution in [3.05, 3.63) is 29.3 Å². The molecule has 3 saturated heterocycles. The highest BCUT2D eigenvalue weighted by Gasteiger charge is 2.43. The van der Waals surface area contributed by atoms with Crippen LogP contribution in [-0.2, 0) is 20.9 Å². The fourth-order valence-corrected chi connectivity index (χ4v) is 6.63. The molecule has 3 atom stereocenters. The maximum Gasteiger partial charge on any atom is 0.255 e. The van der Waals surface area contributed by atoms with Gasteiger partial charge in [-0.15, -0.1) is 0 Å². The third-order valence-corrected chi connectivity index (χ3v) is 8.71. The Balaban J connectivity index is 1.11. The molecular formula is C26H33N3O5. The van der Waals surface area contributed by atoms with E-state index in [1.54, 1.807) is 4.90 Å². The first-order valence-corrected chi connectivity index (χ1v) is 12.8. The Kier molecular flexibility index (Phi) is 5.60. The van der Waals surface area contributed by atoms with E-state index in [1.807, 2.05) is 18.2 Å². The van der Waals surface area contributed by atoms with Crippen molar-refractivity contribution >= 4 is 17.7 Å². The Morgan fingerprint density at radius 3 is 2.68 bits per heavy atom. The van der Waals surface area contributed by atoms with Crippen molar-refractivity contribution in [2.45, 2.75) is 76.1 Å². The molecule has 1 aromatic carbocycles. The summed E-state index contributed by atoms with van der Waals surface area (Å²) in [5.74, 6) is 0.00185. The molecule has 4 fully saturated rings. The first-order valence-electron chi connectivity index (χ1n) is 12.8. The Bertz CT molecular complexity index is 994. The number of nitrogens with one attached hydrogen (secondary N) is 1. The van der Waals surface area contributed by atoms with E-state index in [0.717, 1.165) is 44.0 Å². The summed E-state index contributed by atoms with van der Waals surface area (Å²) in [4.78, 5) is 40.9. The van der Waals surface area contributed by atoms with Crippen LogP contribution in [0.3, 0.4) is 0 Å². The van der Waals surface area contributed by atoms with Crippen LogP contribution in [0, 0.1) is 5.41 Å². The number of amides is 3. The van der Waals surface area contributed by atoms with E-state index in [0.29, 0.717) is 30.0 Å². The molecule has 0 aromatic heterocycles. The third kappa shape index (κ3) is 3.90. The molecule has 5 aliphatic rings. The summed E-state index contributed by atoms with van der Waals surface area (Å²) in [6.45, 7) is 4.45. The summed E-state index contributed by atoms with van der Waals surface area (Å²) in [6, 6.07) is 5.54. The molecule has 0 bridgehead atoms. The van der Waals surface area contributed by atoms with Crippen LogP contribution < -0.4 is 10.1 Å². The van der Waals surface area contributed by atoms with Gasteiger partial charge in [-0.05, 0) is 87.2 Å². The average molecular weight is 468 g/mol. The number of hydrogen-bond donors (Lipinski definition) is 1. The molecular weight excluding hydrogens is 434 g/mol. The van der Waals surface area contributed by atoms with Crippen LogP contribution in [0.4, 0.5) is 0 Å². The highest BCUT2D eigenvalue weighted by atomic mass is 16.5. The number of rotatable bonds is 4. The van der Waals surface area contributed by atoms with Gasteiger partial charge in [-0.2, -0.15) is 0 Å². The second-order valence-electron chi connectivity index (χ2n) is 10.7. The van der Waals surface area contributed by atoms with E-state index in [-0.39, 0.29) is 30.2 Å². The van der Waals surface area contributed by atoms with Crippen molar-refractivity contribution < 1.29 is 23.9 Å². The van der Waals surface area contributed by atoms with Crippen LogP contribution >= 0.6 is 0 Å². The highest BCUT2D eigenvalue weighted by Crippen LogP contribution is 2.41. The second-order valence-corrected chi connectivity index (χ2v) is 10.7. The van der Waals surface area contributed by atoms with Crippen LogP contribution in [0.5, 0.6) is 5.75 Å². The quantitative estimate of drug-likeness (QED) is 0.684. The third-order valence-electron chi connectivity index (χ3n) is 8.71. The molecule has 1 N–H and O–H groups in total. The average Bonchev–Trinajstić information content (AvgIpc) is 3.55. The molecule has 182 valence electrons. The molecule has 8 nitrogen and oxygen atoms in total. The van der Waals surface area contributed by atoms with Crippen LogP contribution in [0.25, 0.3) is 0 Å². The number of nitrogens with zero attached hydrogens (tertiary/aromatic N) is 2. The largest absolute Gasteiger partial charge is 0.489 e. The smallest absolute Gasteiger partial charge is 0.255 e. The Morgan fingerprint density at radius 2 is 1.91 bits per heavy atom. The summed E-state index contributed by atoms with van der Waals surface area (Å²) in [6.07, 6.45) is 7.83. The van der Waals surface area contributed by atoms with Crippen molar-refractivity contribution in [3.63, 3.8) is 0 Å². The summed E-state index contributed by atoms with van der Waals surface area (Å²) < 4.78 is 12.2. The van der Waals surface area contributed by atoms with Gasteiger partial charge in [-0.1, -0.05) is 0 Å². The fraction of sp³-hybridized carbons (Fsp3) is 0.654. The lowest BCUT2D eigenvalue weighted by Gasteiger charge is -2.42. The van der Waals surface area contributed by atoms with E-state index in [4.69, 9.17) is 9.47 Å². The molecule has 0 radical (unpaired) electrons. The van der Waals surface area contributed by atoms with Crippen molar-refractivity contribution in [3.8, 4) is 5.75 Å². The molecule has 1 spiro atoms. The van der Waals surface area contributed by atoms with Gasteiger partial charge in [-0.3, -0.25) is 24.6 Å².